The van der Waals surface area contributed by atoms with E-state index in [4.69, 9.17) is 5.11 Å². The fourth-order valence-electron chi connectivity index (χ4n) is 1.34. The third-order valence-corrected chi connectivity index (χ3v) is 2.79. The van der Waals surface area contributed by atoms with Crippen LogP contribution in [0, 0.1) is 5.82 Å². The Bertz CT molecular complexity index is 560. The van der Waals surface area contributed by atoms with Gasteiger partial charge in [0.1, 0.15) is 11.9 Å². The van der Waals surface area contributed by atoms with E-state index in [9.17, 15) is 27.2 Å². The molecule has 0 saturated carbocycles. The molecule has 9 heteroatoms. The third kappa shape index (κ3) is 4.07. The highest BCUT2D eigenvalue weighted by Gasteiger charge is 2.31. The van der Waals surface area contributed by atoms with Crippen molar-refractivity contribution in [1.82, 2.24) is 4.90 Å². The van der Waals surface area contributed by atoms with E-state index < -0.39 is 41.3 Å². The molecule has 0 bridgehead atoms. The van der Waals surface area contributed by atoms with Gasteiger partial charge in [0.05, 0.1) is 11.3 Å². The fourth-order valence-corrected chi connectivity index (χ4v) is 1.34. The number of rotatable bonds is 3. The normalized spacial score (nSPS) is 12.7. The predicted octanol–water partition coefficient (Wildman–Crippen LogP) is 2.78. The van der Waals surface area contributed by atoms with Crippen LogP contribution in [0.1, 0.15) is 12.5 Å². The Morgan fingerprint density at radius 1 is 1.33 bits per heavy atom. The highest BCUT2D eigenvalue weighted by Crippen LogP contribution is 2.31. The maximum atomic E-state index is 13.4. The summed E-state index contributed by atoms with van der Waals surface area (Å²) in [4.78, 5) is 23.1. The van der Waals surface area contributed by atoms with Gasteiger partial charge in [0.25, 0.3) is 0 Å². The minimum absolute atomic E-state index is 0.437. The number of benzene rings is 1. The van der Waals surface area contributed by atoms with Gasteiger partial charge >= 0.3 is 18.2 Å². The van der Waals surface area contributed by atoms with Crippen molar-refractivity contribution >= 4 is 17.7 Å². The summed E-state index contributed by atoms with van der Waals surface area (Å²) >= 11 is 0. The first-order valence-corrected chi connectivity index (χ1v) is 5.67. The zero-order valence-corrected chi connectivity index (χ0v) is 11.0. The highest BCUT2D eigenvalue weighted by atomic mass is 19.4. The van der Waals surface area contributed by atoms with Crippen LogP contribution in [-0.2, 0) is 11.0 Å². The lowest BCUT2D eigenvalue weighted by Crippen LogP contribution is -2.42. The number of nitrogens with one attached hydrogen (secondary N) is 1. The van der Waals surface area contributed by atoms with Crippen LogP contribution < -0.4 is 5.32 Å². The molecule has 1 unspecified atom stereocenters. The Hall–Kier alpha value is -2.32. The second-order valence-corrected chi connectivity index (χ2v) is 4.25. The minimum Gasteiger partial charge on any atom is -0.480 e. The smallest absolute Gasteiger partial charge is 0.416 e. The molecule has 0 aliphatic heterocycles. The van der Waals surface area contributed by atoms with Crippen LogP contribution in [0.4, 0.5) is 28.0 Å². The topological polar surface area (TPSA) is 69.6 Å². The molecule has 1 aromatic rings. The molecule has 1 atom stereocenters. The molecule has 0 spiro atoms. The third-order valence-electron chi connectivity index (χ3n) is 2.79. The number of alkyl halides is 3. The van der Waals surface area contributed by atoms with Crippen LogP contribution in [0.2, 0.25) is 0 Å². The summed E-state index contributed by atoms with van der Waals surface area (Å²) in [6.45, 7) is 1.20. The van der Waals surface area contributed by atoms with Crippen LogP contribution >= 0.6 is 0 Å². The van der Waals surface area contributed by atoms with Gasteiger partial charge in [0.2, 0.25) is 0 Å². The Kier molecular flexibility index (Phi) is 4.77. The molecule has 0 saturated heterocycles. The number of carboxylic acids is 1. The van der Waals surface area contributed by atoms with Crippen LogP contribution in [0.25, 0.3) is 0 Å². The van der Waals surface area contributed by atoms with Crippen molar-refractivity contribution in [2.75, 3.05) is 12.4 Å². The number of halogens is 4. The number of aliphatic carboxylic acids is 1. The molecule has 0 radical (unpaired) electrons. The number of hydrogen-bond donors (Lipinski definition) is 2. The zero-order valence-electron chi connectivity index (χ0n) is 11.0. The van der Waals surface area contributed by atoms with Gasteiger partial charge in [0.15, 0.2) is 0 Å². The standard InChI is InChI=1S/C12H12F4N2O3/c1-6(10(19)20)18(2)11(21)17-9-5-7(12(14,15)16)3-4-8(9)13/h3-6H,1-2H3,(H,17,21)(H,19,20). The van der Waals surface area contributed by atoms with Crippen molar-refractivity contribution in [2.24, 2.45) is 0 Å². The van der Waals surface area contributed by atoms with Crippen LogP contribution in [0.3, 0.4) is 0 Å². The summed E-state index contributed by atoms with van der Waals surface area (Å²) < 4.78 is 50.9. The van der Waals surface area contributed by atoms with Gasteiger partial charge in [-0.2, -0.15) is 13.2 Å². The van der Waals surface area contributed by atoms with Gasteiger partial charge in [-0.05, 0) is 25.1 Å². The van der Waals surface area contributed by atoms with E-state index >= 15 is 0 Å². The maximum Gasteiger partial charge on any atom is 0.416 e. The van der Waals surface area contributed by atoms with E-state index in [-0.39, 0.29) is 0 Å². The van der Waals surface area contributed by atoms with E-state index in [1.54, 1.807) is 0 Å². The van der Waals surface area contributed by atoms with E-state index in [0.29, 0.717) is 18.2 Å². The van der Waals surface area contributed by atoms with Crippen LogP contribution in [0.5, 0.6) is 0 Å². The molecule has 2 N–H and O–H groups in total. The molecule has 0 aliphatic rings. The number of amides is 2. The lowest BCUT2D eigenvalue weighted by Gasteiger charge is -2.22. The quantitative estimate of drug-likeness (QED) is 0.844. The monoisotopic (exact) mass is 308 g/mol. The summed E-state index contributed by atoms with van der Waals surface area (Å²) in [6.07, 6.45) is -4.69. The molecule has 1 aromatic carbocycles. The fraction of sp³-hybridized carbons (Fsp3) is 0.333. The van der Waals surface area contributed by atoms with Crippen molar-refractivity contribution in [3.05, 3.63) is 29.6 Å². The van der Waals surface area contributed by atoms with E-state index in [1.165, 1.54) is 6.92 Å². The Balaban J connectivity index is 2.97. The van der Waals surface area contributed by atoms with Crippen molar-refractivity contribution in [3.63, 3.8) is 0 Å². The van der Waals surface area contributed by atoms with E-state index in [1.807, 2.05) is 5.32 Å². The average Bonchev–Trinajstić information content (AvgIpc) is 2.37. The molecular weight excluding hydrogens is 296 g/mol. The molecular formula is C12H12F4N2O3. The van der Waals surface area contributed by atoms with Gasteiger partial charge in [0, 0.05) is 7.05 Å². The molecule has 2 amide bonds. The van der Waals surface area contributed by atoms with Gasteiger partial charge in [-0.15, -0.1) is 0 Å². The number of anilines is 1. The number of carbonyl (C=O) groups excluding carboxylic acids is 1. The maximum absolute atomic E-state index is 13.4. The van der Waals surface area contributed by atoms with Crippen LogP contribution in [-0.4, -0.2) is 35.1 Å². The summed E-state index contributed by atoms with van der Waals surface area (Å²) in [5.41, 5.74) is -1.81. The van der Waals surface area contributed by atoms with Crippen molar-refractivity contribution < 1.29 is 32.3 Å². The van der Waals surface area contributed by atoms with Crippen LogP contribution in [0.15, 0.2) is 18.2 Å². The lowest BCUT2D eigenvalue weighted by atomic mass is 10.2. The Morgan fingerprint density at radius 3 is 2.38 bits per heavy atom. The molecule has 0 aromatic heterocycles. The molecule has 1 rings (SSSR count). The summed E-state index contributed by atoms with van der Waals surface area (Å²) in [6, 6.07) is -0.720. The number of carboxylic acid groups (broad SMARTS) is 1. The molecule has 116 valence electrons. The van der Waals surface area contributed by atoms with Gasteiger partial charge in [-0.1, -0.05) is 0 Å². The Labute approximate surface area is 117 Å². The van der Waals surface area contributed by atoms with E-state index in [0.717, 1.165) is 11.9 Å². The first-order valence-electron chi connectivity index (χ1n) is 5.67. The zero-order chi connectivity index (χ0) is 16.4. The lowest BCUT2D eigenvalue weighted by molar-refractivity contribution is -0.141. The number of nitrogens with zero attached hydrogens (tertiary/aromatic N) is 1. The predicted molar refractivity (Wildman–Crippen MR) is 65.3 cm³/mol. The summed E-state index contributed by atoms with van der Waals surface area (Å²) in [7, 11) is 1.12. The second kappa shape index (κ2) is 5.98. The van der Waals surface area contributed by atoms with Gasteiger partial charge in [-0.25, -0.2) is 14.0 Å². The molecule has 0 heterocycles. The number of urea groups is 1. The molecule has 21 heavy (non-hydrogen) atoms. The SMILES string of the molecule is CC(C(=O)O)N(C)C(=O)Nc1cc(C(F)(F)F)ccc1F. The number of likely N-dealkylation sites (N-methyl/N-ethyl adjacent to an activating group) is 1. The number of carbonyl (C=O) groups is 2. The van der Waals surface area contributed by atoms with Gasteiger partial charge in [-0.3, -0.25) is 0 Å². The highest BCUT2D eigenvalue weighted by molar-refractivity contribution is 5.92. The van der Waals surface area contributed by atoms with Gasteiger partial charge < -0.3 is 15.3 Å². The van der Waals surface area contributed by atoms with E-state index in [2.05, 4.69) is 0 Å². The van der Waals surface area contributed by atoms with Crippen molar-refractivity contribution in [1.29, 1.82) is 0 Å². The molecule has 5 nitrogen and oxygen atoms in total. The van der Waals surface area contributed by atoms with Crippen molar-refractivity contribution in [3.8, 4) is 0 Å². The second-order valence-electron chi connectivity index (χ2n) is 4.25. The Morgan fingerprint density at radius 2 is 1.90 bits per heavy atom. The number of hydrogen-bond acceptors (Lipinski definition) is 2. The first-order chi connectivity index (χ1) is 9.54. The molecule has 0 aliphatic carbocycles. The minimum atomic E-state index is -4.69. The average molecular weight is 308 g/mol. The summed E-state index contributed by atoms with van der Waals surface area (Å²) in [5.74, 6) is -2.37. The first kappa shape index (κ1) is 16.7. The largest absolute Gasteiger partial charge is 0.480 e. The van der Waals surface area contributed by atoms with Crippen molar-refractivity contribution in [2.45, 2.75) is 19.1 Å². The molecule has 0 fully saturated rings. The summed E-state index contributed by atoms with van der Waals surface area (Å²) in [5, 5.41) is 10.6.